The molecular formula is C60H82N6O12. The maximum absolute atomic E-state index is 14.1. The predicted octanol–water partition coefficient (Wildman–Crippen LogP) is 6.88. The van der Waals surface area contributed by atoms with Crippen molar-refractivity contribution in [3.8, 4) is 17.2 Å². The third-order valence-corrected chi connectivity index (χ3v) is 16.3. The maximum atomic E-state index is 14.1. The largest absolute Gasteiger partial charge is 0.507 e. The van der Waals surface area contributed by atoms with Gasteiger partial charge in [0.25, 0.3) is 5.91 Å². The van der Waals surface area contributed by atoms with Crippen LogP contribution >= 0.6 is 0 Å². The number of carbonyl (C=O) groups is 4. The van der Waals surface area contributed by atoms with Gasteiger partial charge in [-0.1, -0.05) is 78.0 Å². The quantitative estimate of drug-likeness (QED) is 0.0636. The molecule has 8 rings (SSSR count). The van der Waals surface area contributed by atoms with E-state index in [0.29, 0.717) is 56.9 Å². The normalized spacial score (nSPS) is 27.8. The second kappa shape index (κ2) is 24.8. The first-order chi connectivity index (χ1) is 36.9. The Morgan fingerprint density at radius 1 is 0.923 bits per heavy atom. The Labute approximate surface area is 458 Å². The molecule has 3 aromatic rings. The van der Waals surface area contributed by atoms with Gasteiger partial charge in [0.1, 0.15) is 40.4 Å². The average Bonchev–Trinajstić information content (AvgIpc) is 3.73. The molecule has 0 saturated carbocycles. The number of nitrogens with one attached hydrogen (secondary N) is 1. The van der Waals surface area contributed by atoms with E-state index in [1.807, 2.05) is 25.2 Å². The molecular weight excluding hydrogens is 997 g/mol. The molecule has 5 N–H and O–H groups in total. The first kappa shape index (κ1) is 59.3. The third kappa shape index (κ3) is 12.9. The Hall–Kier alpha value is -6.34. The molecule has 0 radical (unpaired) electrons. The number of ether oxygens (including phenoxy) is 4. The molecule has 2 amide bonds. The van der Waals surface area contributed by atoms with Crippen LogP contribution < -0.4 is 25.7 Å². The number of rotatable bonds is 9. The van der Waals surface area contributed by atoms with Crippen LogP contribution in [-0.4, -0.2) is 143 Å². The summed E-state index contributed by atoms with van der Waals surface area (Å²) >= 11 is 0. The molecule has 78 heavy (non-hydrogen) atoms. The lowest BCUT2D eigenvalue weighted by atomic mass is 9.78. The highest BCUT2D eigenvalue weighted by Crippen LogP contribution is 2.47. The Morgan fingerprint density at radius 3 is 2.22 bits per heavy atom. The Kier molecular flexibility index (Phi) is 18.8. The molecule has 18 nitrogen and oxygen atoms in total. The number of methoxy groups -OCH3 is 1. The van der Waals surface area contributed by atoms with E-state index in [-0.39, 0.29) is 55.9 Å². The summed E-state index contributed by atoms with van der Waals surface area (Å²) in [4.78, 5) is 71.0. The number of esters is 1. The molecule has 0 unspecified atom stereocenters. The number of para-hydroxylation sites is 1. The number of aliphatic hydroxyl groups is 2. The number of aromatic hydroxyl groups is 2. The molecule has 1 spiro atoms. The molecule has 0 aliphatic carbocycles. The minimum absolute atomic E-state index is 0.0149. The topological polar surface area (TPSA) is 233 Å². The van der Waals surface area contributed by atoms with Gasteiger partial charge in [0.15, 0.2) is 12.0 Å². The standard InChI is InChI=1S/C60H82N6O12/c1-34(2)32-65-28-24-60(25-29-65)62-49-47-43(33-67)57-40(8)54(72)48(47)55(73)51(50(49)63-60)61-58(74)36(4)18-16-17-35(3)52(70)38(6)53(71)39(7)56(37(5)44(75-12)23-30-76-59(9,10)78-57)77-46(69)31-45(68)66-26-21-42(22-27-66)64(11)41-19-14-13-15-20-41/h13-20,23,30,33-35,37-39,42,44,52-53,56,62,70-73H,21-22,24-29,31-32H2,1-12H3/b17-16+,30-23+,36-18-,61-51?/t35-,37+,38+,39+,44-,52-,53+,56+/m0/s1. The number of aliphatic hydroxyl groups excluding tert-OH is 2. The monoisotopic (exact) mass is 1080 g/mol. The van der Waals surface area contributed by atoms with Crippen LogP contribution in [0.25, 0.3) is 10.8 Å². The third-order valence-electron chi connectivity index (χ3n) is 16.3. The first-order valence-corrected chi connectivity index (χ1v) is 27.5. The van der Waals surface area contributed by atoms with Gasteiger partial charge in [0.05, 0.1) is 41.2 Å². The number of hydrogen-bond acceptors (Lipinski definition) is 16. The zero-order chi connectivity index (χ0) is 57.0. The van der Waals surface area contributed by atoms with Crippen molar-refractivity contribution in [2.75, 3.05) is 57.1 Å². The van der Waals surface area contributed by atoms with Crippen LogP contribution in [0.2, 0.25) is 0 Å². The fourth-order valence-corrected chi connectivity index (χ4v) is 11.5. The van der Waals surface area contributed by atoms with Crippen LogP contribution in [0.3, 0.4) is 0 Å². The molecule has 3 aromatic carbocycles. The zero-order valence-electron chi connectivity index (χ0n) is 47.5. The predicted molar refractivity (Wildman–Crippen MR) is 298 cm³/mol. The minimum Gasteiger partial charge on any atom is -0.507 e. The van der Waals surface area contributed by atoms with Crippen LogP contribution in [0.15, 0.2) is 76.5 Å². The van der Waals surface area contributed by atoms with Gasteiger partial charge in [0, 0.05) is 125 Å². The van der Waals surface area contributed by atoms with Crippen LogP contribution in [0.1, 0.15) is 110 Å². The van der Waals surface area contributed by atoms with Crippen molar-refractivity contribution in [2.24, 2.45) is 39.6 Å². The van der Waals surface area contributed by atoms with Crippen molar-refractivity contribution in [3.05, 3.63) is 88.3 Å². The van der Waals surface area contributed by atoms with Crippen molar-refractivity contribution in [1.82, 2.24) is 9.80 Å². The maximum Gasteiger partial charge on any atom is 0.315 e. The molecule has 5 aliphatic heterocycles. The van der Waals surface area contributed by atoms with E-state index in [2.05, 4.69) is 46.1 Å². The van der Waals surface area contributed by atoms with E-state index in [1.165, 1.54) is 26.4 Å². The number of benzene rings is 3. The van der Waals surface area contributed by atoms with Gasteiger partial charge in [0.2, 0.25) is 11.7 Å². The highest BCUT2D eigenvalue weighted by Gasteiger charge is 2.43. The number of phenolic OH excluding ortho intramolecular Hbond substituents is 2. The number of allylic oxidation sites excluding steroid dienone is 2. The van der Waals surface area contributed by atoms with Crippen molar-refractivity contribution in [1.29, 1.82) is 0 Å². The summed E-state index contributed by atoms with van der Waals surface area (Å²) in [6.07, 6.45) is 6.20. The zero-order valence-corrected chi connectivity index (χ0v) is 47.5. The lowest BCUT2D eigenvalue weighted by Crippen LogP contribution is -2.48. The lowest BCUT2D eigenvalue weighted by molar-refractivity contribution is -0.165. The van der Waals surface area contributed by atoms with E-state index in [1.54, 1.807) is 71.6 Å². The van der Waals surface area contributed by atoms with E-state index in [0.717, 1.165) is 25.1 Å². The fourth-order valence-electron chi connectivity index (χ4n) is 11.5. The molecule has 0 aromatic heterocycles. The highest BCUT2D eigenvalue weighted by molar-refractivity contribution is 6.13. The van der Waals surface area contributed by atoms with E-state index >= 15 is 0 Å². The summed E-state index contributed by atoms with van der Waals surface area (Å²) in [5.41, 5.74) is 0.770. The van der Waals surface area contributed by atoms with Gasteiger partial charge in [-0.05, 0) is 50.8 Å². The molecule has 2 saturated heterocycles. The number of nitrogens with zero attached hydrogens (tertiary/aromatic N) is 5. The Balaban J connectivity index is 1.23. The van der Waals surface area contributed by atoms with Gasteiger partial charge >= 0.3 is 5.97 Å². The smallest absolute Gasteiger partial charge is 0.315 e. The molecule has 5 aliphatic rings. The summed E-state index contributed by atoms with van der Waals surface area (Å²) in [6, 6.07) is 10.3. The number of fused-ring (bicyclic) bond motifs is 16. The number of aldehydes is 1. The summed E-state index contributed by atoms with van der Waals surface area (Å²) in [5, 5.41) is 51.6. The van der Waals surface area contributed by atoms with Crippen LogP contribution in [0.5, 0.6) is 17.2 Å². The summed E-state index contributed by atoms with van der Waals surface area (Å²) in [5.74, 6) is -6.75. The molecule has 5 heterocycles. The number of carbonyl (C=O) groups excluding carboxylic acids is 4. The average molecular weight is 1080 g/mol. The van der Waals surface area contributed by atoms with Crippen molar-refractivity contribution >= 4 is 46.2 Å². The number of piperidine rings is 2. The number of hydrogen-bond donors (Lipinski definition) is 5. The van der Waals surface area contributed by atoms with E-state index < -0.39 is 89.3 Å². The van der Waals surface area contributed by atoms with E-state index in [9.17, 15) is 39.6 Å². The molecule has 2 fully saturated rings. The van der Waals surface area contributed by atoms with Gasteiger partial charge < -0.3 is 59.4 Å². The van der Waals surface area contributed by atoms with E-state index in [4.69, 9.17) is 23.9 Å². The highest BCUT2D eigenvalue weighted by atomic mass is 16.7. The summed E-state index contributed by atoms with van der Waals surface area (Å²) in [6.45, 7) is 20.9. The second-order valence-electron chi connectivity index (χ2n) is 22.9. The SMILES string of the molecule is CO[C@H]1/C=C/OC(C)(C)Oc2c(C)c(O)c3c(O)c(c4c(c3c2C=O)NC2(CCN(CC(C)C)CC2)N=4)=NC(=O)/C(C)=C\C=C\[C@H](C)[C@H](O)[C@@H](C)[C@@H](O)[C@@H](C)[C@H](OC(=O)CC(=O)N2CCC(N(C)c3ccccc3)CC2)[C@@H]1C. The molecule has 8 atom stereocenters. The molecule has 424 valence electrons. The van der Waals surface area contributed by atoms with Crippen molar-refractivity contribution in [2.45, 2.75) is 143 Å². The summed E-state index contributed by atoms with van der Waals surface area (Å²) < 4.78 is 24.9. The minimum atomic E-state index is -1.54. The van der Waals surface area contributed by atoms with Gasteiger partial charge in [-0.2, -0.15) is 0 Å². The Morgan fingerprint density at radius 2 is 1.59 bits per heavy atom. The van der Waals surface area contributed by atoms with Crippen LogP contribution in [0, 0.1) is 36.5 Å². The number of anilines is 2. The van der Waals surface area contributed by atoms with Crippen molar-refractivity contribution < 1.29 is 58.6 Å². The fraction of sp³-hybridized carbons (Fsp3) is 0.567. The van der Waals surface area contributed by atoms with Crippen LogP contribution in [-0.2, 0) is 28.6 Å². The molecule has 4 bridgehead atoms. The number of amides is 2. The van der Waals surface area contributed by atoms with Gasteiger partial charge in [-0.15, -0.1) is 0 Å². The van der Waals surface area contributed by atoms with Gasteiger partial charge in [-0.3, -0.25) is 24.2 Å². The van der Waals surface area contributed by atoms with Gasteiger partial charge in [-0.25, -0.2) is 4.99 Å². The van der Waals surface area contributed by atoms with Crippen molar-refractivity contribution in [3.63, 3.8) is 0 Å². The molecule has 18 heteroatoms. The first-order valence-electron chi connectivity index (χ1n) is 27.5. The van der Waals surface area contributed by atoms with Crippen LogP contribution in [0.4, 0.5) is 11.4 Å². The summed E-state index contributed by atoms with van der Waals surface area (Å²) in [7, 11) is 3.52. The number of likely N-dealkylation sites (tertiary alicyclic amines) is 2. The second-order valence-corrected chi connectivity index (χ2v) is 22.9. The lowest BCUT2D eigenvalue weighted by Gasteiger charge is -2.39. The Bertz CT molecular complexity index is 2910. The number of phenols is 2.